The molecular formula is C20H14ClFN4. The van der Waals surface area contributed by atoms with Gasteiger partial charge in [-0.25, -0.2) is 14.4 Å². The third-order valence-corrected chi connectivity index (χ3v) is 4.46. The Bertz CT molecular complexity index is 1100. The fraction of sp³-hybridized carbons (Fsp3) is 0.0500. The topological polar surface area (TPSA) is 50.7 Å². The van der Waals surface area contributed by atoms with Crippen LogP contribution in [-0.4, -0.2) is 22.0 Å². The average molecular weight is 365 g/mol. The largest absolute Gasteiger partial charge is 0.373 e. The van der Waals surface area contributed by atoms with Crippen molar-refractivity contribution in [3.05, 3.63) is 71.8 Å². The lowest BCUT2D eigenvalue weighted by Crippen LogP contribution is -2.01. The van der Waals surface area contributed by atoms with Gasteiger partial charge in [0.1, 0.15) is 11.3 Å². The fourth-order valence-corrected chi connectivity index (χ4v) is 3.10. The number of benzene rings is 2. The Morgan fingerprint density at radius 3 is 2.54 bits per heavy atom. The molecule has 0 saturated carbocycles. The van der Waals surface area contributed by atoms with Crippen LogP contribution in [0.5, 0.6) is 0 Å². The molecule has 128 valence electrons. The number of halogens is 2. The second kappa shape index (κ2) is 6.69. The summed E-state index contributed by atoms with van der Waals surface area (Å²) in [7, 11) is 1.74. The molecule has 0 spiro atoms. The van der Waals surface area contributed by atoms with Crippen molar-refractivity contribution in [2.75, 3.05) is 12.4 Å². The van der Waals surface area contributed by atoms with Crippen LogP contribution in [0.4, 0.5) is 10.2 Å². The van der Waals surface area contributed by atoms with Gasteiger partial charge in [-0.05, 0) is 24.3 Å². The lowest BCUT2D eigenvalue weighted by atomic mass is 10.0. The normalized spacial score (nSPS) is 10.9. The van der Waals surface area contributed by atoms with E-state index < -0.39 is 5.82 Å². The highest BCUT2D eigenvalue weighted by molar-refractivity contribution is 6.33. The van der Waals surface area contributed by atoms with E-state index in [0.717, 1.165) is 0 Å². The first kappa shape index (κ1) is 16.4. The molecule has 6 heteroatoms. The molecule has 0 amide bonds. The SMILES string of the molecule is CNc1nc(-c2cccnc2)nc2c(F)c(-c3ccccc3Cl)ccc12. The summed E-state index contributed by atoms with van der Waals surface area (Å²) in [4.78, 5) is 13.0. The zero-order valence-corrected chi connectivity index (χ0v) is 14.6. The maximum Gasteiger partial charge on any atom is 0.163 e. The van der Waals surface area contributed by atoms with Gasteiger partial charge in [-0.2, -0.15) is 0 Å². The van der Waals surface area contributed by atoms with Crippen molar-refractivity contribution in [2.24, 2.45) is 0 Å². The number of aromatic nitrogens is 3. The molecule has 26 heavy (non-hydrogen) atoms. The van der Waals surface area contributed by atoms with Gasteiger partial charge in [-0.15, -0.1) is 0 Å². The molecule has 4 nitrogen and oxygen atoms in total. The van der Waals surface area contributed by atoms with Crippen LogP contribution in [0.15, 0.2) is 60.9 Å². The maximum absolute atomic E-state index is 15.4. The molecule has 2 heterocycles. The highest BCUT2D eigenvalue weighted by Gasteiger charge is 2.17. The summed E-state index contributed by atoms with van der Waals surface area (Å²) in [6.45, 7) is 0. The summed E-state index contributed by atoms with van der Waals surface area (Å²) in [5.41, 5.74) is 1.98. The average Bonchev–Trinajstić information content (AvgIpc) is 2.69. The summed E-state index contributed by atoms with van der Waals surface area (Å²) in [6.07, 6.45) is 3.32. The van der Waals surface area contributed by atoms with Gasteiger partial charge in [0.2, 0.25) is 0 Å². The Morgan fingerprint density at radius 2 is 1.81 bits per heavy atom. The van der Waals surface area contributed by atoms with Gasteiger partial charge in [0.25, 0.3) is 0 Å². The van der Waals surface area contributed by atoms with Crippen molar-refractivity contribution in [1.82, 2.24) is 15.0 Å². The number of hydrogen-bond acceptors (Lipinski definition) is 4. The molecule has 0 unspecified atom stereocenters. The van der Waals surface area contributed by atoms with E-state index in [2.05, 4.69) is 20.3 Å². The summed E-state index contributed by atoms with van der Waals surface area (Å²) in [5.74, 6) is 0.531. The van der Waals surface area contributed by atoms with E-state index in [1.54, 1.807) is 49.8 Å². The van der Waals surface area contributed by atoms with Crippen LogP contribution in [0.3, 0.4) is 0 Å². The van der Waals surface area contributed by atoms with Crippen LogP contribution in [-0.2, 0) is 0 Å². The lowest BCUT2D eigenvalue weighted by Gasteiger charge is -2.12. The van der Waals surface area contributed by atoms with Gasteiger partial charge in [-0.3, -0.25) is 4.98 Å². The minimum atomic E-state index is -0.431. The van der Waals surface area contributed by atoms with Crippen LogP contribution in [0.1, 0.15) is 0 Å². The molecule has 4 aromatic rings. The molecule has 2 aromatic carbocycles. The molecule has 2 aromatic heterocycles. The molecule has 0 saturated heterocycles. The highest BCUT2D eigenvalue weighted by atomic mass is 35.5. The minimum Gasteiger partial charge on any atom is -0.373 e. The van der Waals surface area contributed by atoms with Gasteiger partial charge in [-0.1, -0.05) is 35.9 Å². The molecule has 0 radical (unpaired) electrons. The van der Waals surface area contributed by atoms with E-state index in [1.165, 1.54) is 0 Å². The Morgan fingerprint density at radius 1 is 0.962 bits per heavy atom. The fourth-order valence-electron chi connectivity index (χ4n) is 2.86. The summed E-state index contributed by atoms with van der Waals surface area (Å²) in [6, 6.07) is 14.3. The van der Waals surface area contributed by atoms with Gasteiger partial charge < -0.3 is 5.32 Å². The Hall–Kier alpha value is -3.05. The second-order valence-electron chi connectivity index (χ2n) is 5.69. The molecule has 0 fully saturated rings. The molecule has 0 aliphatic rings. The number of pyridine rings is 1. The number of hydrogen-bond donors (Lipinski definition) is 1. The predicted molar refractivity (Wildman–Crippen MR) is 103 cm³/mol. The molecule has 0 aliphatic carbocycles. The third-order valence-electron chi connectivity index (χ3n) is 4.13. The van der Waals surface area contributed by atoms with Gasteiger partial charge >= 0.3 is 0 Å². The lowest BCUT2D eigenvalue weighted by molar-refractivity contribution is 0.640. The number of rotatable bonds is 3. The van der Waals surface area contributed by atoms with Crippen molar-refractivity contribution in [2.45, 2.75) is 0 Å². The van der Waals surface area contributed by atoms with E-state index >= 15 is 4.39 Å². The van der Waals surface area contributed by atoms with E-state index in [0.29, 0.717) is 38.7 Å². The third kappa shape index (κ3) is 2.76. The summed E-state index contributed by atoms with van der Waals surface area (Å²) in [5, 5.41) is 4.11. The van der Waals surface area contributed by atoms with Crippen molar-refractivity contribution in [3.63, 3.8) is 0 Å². The van der Waals surface area contributed by atoms with E-state index in [4.69, 9.17) is 11.6 Å². The van der Waals surface area contributed by atoms with Crippen molar-refractivity contribution in [3.8, 4) is 22.5 Å². The smallest absolute Gasteiger partial charge is 0.163 e. The van der Waals surface area contributed by atoms with Crippen LogP contribution in [0, 0.1) is 5.82 Å². The minimum absolute atomic E-state index is 0.237. The zero-order chi connectivity index (χ0) is 18.1. The van der Waals surface area contributed by atoms with Gasteiger partial charge in [0.05, 0.1) is 0 Å². The first-order valence-electron chi connectivity index (χ1n) is 8.02. The molecule has 4 rings (SSSR count). The Balaban J connectivity index is 2.00. The van der Waals surface area contributed by atoms with Crippen LogP contribution in [0.2, 0.25) is 5.02 Å². The second-order valence-corrected chi connectivity index (χ2v) is 6.10. The predicted octanol–water partition coefficient (Wildman–Crippen LogP) is 5.19. The first-order chi connectivity index (χ1) is 12.7. The van der Waals surface area contributed by atoms with Crippen molar-refractivity contribution >= 4 is 28.3 Å². The zero-order valence-electron chi connectivity index (χ0n) is 13.9. The molecule has 1 N–H and O–H groups in total. The van der Waals surface area contributed by atoms with Crippen LogP contribution < -0.4 is 5.32 Å². The highest BCUT2D eigenvalue weighted by Crippen LogP contribution is 2.35. The maximum atomic E-state index is 15.4. The standard InChI is InChI=1S/C20H14ClFN4/c1-23-20-15-9-8-14(13-6-2-3-7-16(13)21)17(22)18(15)25-19(26-20)12-5-4-10-24-11-12/h2-11H,1H3,(H,23,25,26). The number of fused-ring (bicyclic) bond motifs is 1. The number of nitrogens with zero attached hydrogens (tertiary/aromatic N) is 3. The number of nitrogens with one attached hydrogen (secondary N) is 1. The molecule has 0 aliphatic heterocycles. The monoisotopic (exact) mass is 364 g/mol. The Labute approximate surface area is 154 Å². The molecular weight excluding hydrogens is 351 g/mol. The molecule has 0 atom stereocenters. The van der Waals surface area contributed by atoms with Gasteiger partial charge in [0.15, 0.2) is 11.6 Å². The van der Waals surface area contributed by atoms with E-state index in [-0.39, 0.29) is 5.52 Å². The Kier molecular flexibility index (Phi) is 4.22. The first-order valence-corrected chi connectivity index (χ1v) is 8.40. The van der Waals surface area contributed by atoms with E-state index in [1.807, 2.05) is 18.2 Å². The van der Waals surface area contributed by atoms with Crippen molar-refractivity contribution in [1.29, 1.82) is 0 Å². The summed E-state index contributed by atoms with van der Waals surface area (Å²) < 4.78 is 15.4. The van der Waals surface area contributed by atoms with Gasteiger partial charge in [0, 0.05) is 46.5 Å². The van der Waals surface area contributed by atoms with Crippen LogP contribution in [0.25, 0.3) is 33.4 Å². The number of anilines is 1. The summed E-state index contributed by atoms with van der Waals surface area (Å²) >= 11 is 6.25. The van der Waals surface area contributed by atoms with Crippen LogP contribution >= 0.6 is 11.6 Å². The van der Waals surface area contributed by atoms with Crippen molar-refractivity contribution < 1.29 is 4.39 Å². The molecule has 0 bridgehead atoms. The van der Waals surface area contributed by atoms with E-state index in [9.17, 15) is 0 Å². The quantitative estimate of drug-likeness (QED) is 0.543.